The number of hydrogen-bond donors (Lipinski definition) is 1. The number of hydrogen-bond acceptors (Lipinski definition) is 5. The number of amides is 1. The molecule has 0 unspecified atom stereocenters. The van der Waals surface area contributed by atoms with Crippen molar-refractivity contribution in [2.24, 2.45) is 0 Å². The normalized spacial score (nSPS) is 10.5. The Labute approximate surface area is 148 Å². The third-order valence-corrected chi connectivity index (χ3v) is 3.43. The summed E-state index contributed by atoms with van der Waals surface area (Å²) >= 11 is 5.76. The molecule has 7 nitrogen and oxygen atoms in total. The van der Waals surface area contributed by atoms with E-state index >= 15 is 0 Å². The van der Waals surface area contributed by atoms with E-state index < -0.39 is 16.8 Å². The topological polar surface area (TPSA) is 98.5 Å². The first-order chi connectivity index (χ1) is 11.9. The lowest BCUT2D eigenvalue weighted by Gasteiger charge is -2.03. The van der Waals surface area contributed by atoms with Gasteiger partial charge in [0, 0.05) is 22.9 Å². The molecular weight excluding hydrogens is 348 g/mol. The van der Waals surface area contributed by atoms with Crippen molar-refractivity contribution in [1.29, 1.82) is 0 Å². The number of nitro benzene ring substituents is 1. The number of rotatable bonds is 5. The van der Waals surface area contributed by atoms with Crippen LogP contribution in [-0.4, -0.2) is 23.9 Å². The van der Waals surface area contributed by atoms with Gasteiger partial charge >= 0.3 is 5.97 Å². The van der Waals surface area contributed by atoms with Crippen LogP contribution >= 0.6 is 11.6 Å². The number of nitrogens with one attached hydrogen (secondary N) is 1. The number of benzene rings is 2. The van der Waals surface area contributed by atoms with E-state index in [1.54, 1.807) is 24.3 Å². The second-order valence-electron chi connectivity index (χ2n) is 4.85. The van der Waals surface area contributed by atoms with Crippen molar-refractivity contribution >= 4 is 40.9 Å². The Morgan fingerprint density at radius 1 is 1.20 bits per heavy atom. The van der Waals surface area contributed by atoms with Gasteiger partial charge in [0.05, 0.1) is 23.2 Å². The average molecular weight is 361 g/mol. The van der Waals surface area contributed by atoms with E-state index in [2.05, 4.69) is 10.1 Å². The lowest BCUT2D eigenvalue weighted by molar-refractivity contribution is -0.385. The molecule has 1 amide bonds. The number of nitrogens with zero attached hydrogens (tertiary/aromatic N) is 1. The van der Waals surface area contributed by atoms with Crippen molar-refractivity contribution in [3.63, 3.8) is 0 Å². The van der Waals surface area contributed by atoms with E-state index in [0.29, 0.717) is 10.7 Å². The molecule has 128 valence electrons. The van der Waals surface area contributed by atoms with E-state index in [4.69, 9.17) is 11.6 Å². The second-order valence-corrected chi connectivity index (χ2v) is 5.29. The molecule has 0 bridgehead atoms. The summed E-state index contributed by atoms with van der Waals surface area (Å²) in [5.41, 5.74) is 0.467. The Kier molecular flexibility index (Phi) is 5.86. The molecule has 2 rings (SSSR count). The van der Waals surface area contributed by atoms with Gasteiger partial charge in [0.25, 0.3) is 5.69 Å². The second kappa shape index (κ2) is 8.07. The molecule has 0 saturated carbocycles. The summed E-state index contributed by atoms with van der Waals surface area (Å²) in [6.45, 7) is 0. The first kappa shape index (κ1) is 18.2. The number of anilines is 1. The first-order valence-corrected chi connectivity index (χ1v) is 7.40. The molecule has 0 radical (unpaired) electrons. The van der Waals surface area contributed by atoms with Crippen molar-refractivity contribution in [2.45, 2.75) is 0 Å². The van der Waals surface area contributed by atoms with Gasteiger partial charge in [0.2, 0.25) is 5.91 Å². The molecular formula is C17H13ClN2O5. The van der Waals surface area contributed by atoms with Crippen LogP contribution in [0.2, 0.25) is 5.02 Å². The van der Waals surface area contributed by atoms with Crippen molar-refractivity contribution in [3.8, 4) is 0 Å². The van der Waals surface area contributed by atoms with E-state index in [9.17, 15) is 19.7 Å². The zero-order chi connectivity index (χ0) is 18.4. The van der Waals surface area contributed by atoms with Crippen LogP contribution in [0, 0.1) is 10.1 Å². The fourth-order valence-electron chi connectivity index (χ4n) is 1.97. The standard InChI is InChI=1S/C17H13ClN2O5/c1-25-17(22)12-3-2-11(15(10-12)20(23)24)4-9-16(21)19-14-7-5-13(18)6-8-14/h2-10H,1H3,(H,19,21)/b9-4+. The Bertz CT molecular complexity index is 847. The highest BCUT2D eigenvalue weighted by atomic mass is 35.5. The zero-order valence-corrected chi connectivity index (χ0v) is 13.8. The quantitative estimate of drug-likeness (QED) is 0.379. The summed E-state index contributed by atoms with van der Waals surface area (Å²) < 4.78 is 4.53. The zero-order valence-electron chi connectivity index (χ0n) is 13.1. The largest absolute Gasteiger partial charge is 0.465 e. The summed E-state index contributed by atoms with van der Waals surface area (Å²) in [5, 5.41) is 14.3. The molecule has 1 N–H and O–H groups in total. The van der Waals surface area contributed by atoms with Gasteiger partial charge in [0.1, 0.15) is 0 Å². The van der Waals surface area contributed by atoms with Gasteiger partial charge in [-0.1, -0.05) is 11.6 Å². The molecule has 0 aliphatic carbocycles. The van der Waals surface area contributed by atoms with Crippen LogP contribution in [0.15, 0.2) is 48.5 Å². The lowest BCUT2D eigenvalue weighted by atomic mass is 10.1. The third-order valence-electron chi connectivity index (χ3n) is 3.17. The molecule has 0 spiro atoms. The lowest BCUT2D eigenvalue weighted by Crippen LogP contribution is -2.07. The van der Waals surface area contributed by atoms with Gasteiger partial charge in [-0.3, -0.25) is 14.9 Å². The maximum absolute atomic E-state index is 11.9. The van der Waals surface area contributed by atoms with Gasteiger partial charge in [-0.15, -0.1) is 0 Å². The Hall–Kier alpha value is -3.19. The number of esters is 1. The highest BCUT2D eigenvalue weighted by Crippen LogP contribution is 2.22. The number of carbonyl (C=O) groups excluding carboxylic acids is 2. The maximum Gasteiger partial charge on any atom is 0.338 e. The van der Waals surface area contributed by atoms with Gasteiger partial charge in [0.15, 0.2) is 0 Å². The summed E-state index contributed by atoms with van der Waals surface area (Å²) in [6.07, 6.45) is 2.46. The number of methoxy groups -OCH3 is 1. The van der Waals surface area contributed by atoms with E-state index in [-0.39, 0.29) is 16.8 Å². The molecule has 2 aromatic rings. The van der Waals surface area contributed by atoms with E-state index in [0.717, 1.165) is 12.1 Å². The molecule has 0 aromatic heterocycles. The third kappa shape index (κ3) is 4.89. The van der Waals surface area contributed by atoms with Gasteiger partial charge in [-0.05, 0) is 42.5 Å². The Morgan fingerprint density at radius 2 is 1.88 bits per heavy atom. The van der Waals surface area contributed by atoms with Crippen LogP contribution in [-0.2, 0) is 9.53 Å². The number of ether oxygens (including phenoxy) is 1. The average Bonchev–Trinajstić information content (AvgIpc) is 2.61. The molecule has 25 heavy (non-hydrogen) atoms. The van der Waals surface area contributed by atoms with Crippen LogP contribution in [0.5, 0.6) is 0 Å². The van der Waals surface area contributed by atoms with Crippen molar-refractivity contribution in [1.82, 2.24) is 0 Å². The van der Waals surface area contributed by atoms with Gasteiger partial charge < -0.3 is 10.1 Å². The predicted octanol–water partition coefficient (Wildman–Crippen LogP) is 3.69. The number of halogens is 1. The first-order valence-electron chi connectivity index (χ1n) is 7.02. The molecule has 0 heterocycles. The van der Waals surface area contributed by atoms with Crippen LogP contribution < -0.4 is 5.32 Å². The highest BCUT2D eigenvalue weighted by molar-refractivity contribution is 6.30. The number of nitro groups is 1. The fraction of sp³-hybridized carbons (Fsp3) is 0.0588. The summed E-state index contributed by atoms with van der Waals surface area (Å²) in [4.78, 5) is 33.9. The van der Waals surface area contributed by atoms with Crippen LogP contribution in [0.25, 0.3) is 6.08 Å². The Balaban J connectivity index is 2.18. The minimum Gasteiger partial charge on any atom is -0.465 e. The summed E-state index contributed by atoms with van der Waals surface area (Å²) in [6, 6.07) is 10.4. The highest BCUT2D eigenvalue weighted by Gasteiger charge is 2.16. The smallest absolute Gasteiger partial charge is 0.338 e. The molecule has 0 aliphatic heterocycles. The van der Waals surface area contributed by atoms with Crippen molar-refractivity contribution < 1.29 is 19.2 Å². The van der Waals surface area contributed by atoms with Crippen molar-refractivity contribution in [3.05, 3.63) is 74.8 Å². The fourth-order valence-corrected chi connectivity index (χ4v) is 2.10. The molecule has 0 atom stereocenters. The predicted molar refractivity (Wildman–Crippen MR) is 93.6 cm³/mol. The summed E-state index contributed by atoms with van der Waals surface area (Å²) in [7, 11) is 1.18. The molecule has 0 fully saturated rings. The minimum absolute atomic E-state index is 0.0527. The summed E-state index contributed by atoms with van der Waals surface area (Å²) in [5.74, 6) is -1.15. The SMILES string of the molecule is COC(=O)c1ccc(/C=C/C(=O)Nc2ccc(Cl)cc2)c([N+](=O)[O-])c1. The monoisotopic (exact) mass is 360 g/mol. The molecule has 0 saturated heterocycles. The molecule has 2 aromatic carbocycles. The molecule has 8 heteroatoms. The minimum atomic E-state index is -0.681. The number of carbonyl (C=O) groups is 2. The van der Waals surface area contributed by atoms with Crippen molar-refractivity contribution in [2.75, 3.05) is 12.4 Å². The van der Waals surface area contributed by atoms with Crippen LogP contribution in [0.1, 0.15) is 15.9 Å². The molecule has 0 aliphatic rings. The Morgan fingerprint density at radius 3 is 2.48 bits per heavy atom. The maximum atomic E-state index is 11.9. The van der Waals surface area contributed by atoms with Crippen LogP contribution in [0.4, 0.5) is 11.4 Å². The van der Waals surface area contributed by atoms with Gasteiger partial charge in [-0.2, -0.15) is 0 Å². The van der Waals surface area contributed by atoms with Gasteiger partial charge in [-0.25, -0.2) is 4.79 Å². The van der Waals surface area contributed by atoms with Crippen LogP contribution in [0.3, 0.4) is 0 Å². The van der Waals surface area contributed by atoms with E-state index in [1.165, 1.54) is 25.3 Å². The van der Waals surface area contributed by atoms with E-state index in [1.807, 2.05) is 0 Å².